The predicted octanol–water partition coefficient (Wildman–Crippen LogP) is 1.58. The standard InChI is InChI=1S/C18H29N3O3S/c1-17(2)10-19-18(3,4)15(17)12(22)7-5-6-8-13-14-11(9-25-13)20-16(23)21(14)24/h10-11,13-15,21H,5-9H2,1-4H3,(H,20,23)/t11-,13-,14-,15?/m0/s1. The molecule has 5 atom stereocenters. The first-order valence-electron chi connectivity index (χ1n) is 9.19. The average molecular weight is 368 g/mol. The Labute approximate surface area is 153 Å². The van der Waals surface area contributed by atoms with E-state index in [1.165, 1.54) is 0 Å². The Morgan fingerprint density at radius 2 is 2.12 bits per heavy atom. The second-order valence-corrected chi connectivity index (χ2v) is 9.99. The second kappa shape index (κ2) is 6.67. The number of nitrogens with one attached hydrogen (secondary N) is 2. The van der Waals surface area contributed by atoms with Gasteiger partial charge in [0.2, 0.25) is 0 Å². The molecule has 0 radical (unpaired) electrons. The molecular weight excluding hydrogens is 338 g/mol. The van der Waals surface area contributed by atoms with Crippen molar-refractivity contribution in [3.05, 3.63) is 5.21 Å². The summed E-state index contributed by atoms with van der Waals surface area (Å²) in [6.07, 6.45) is 5.15. The number of Topliss-reactive ketones (excluding diaryl/α,β-unsaturated/α-hetero) is 1. The monoisotopic (exact) mass is 367 g/mol. The summed E-state index contributed by atoms with van der Waals surface area (Å²) in [5.41, 5.74) is -0.505. The number of carbonyl (C=O) groups is 2. The molecule has 0 aliphatic carbocycles. The number of amides is 2. The zero-order chi connectivity index (χ0) is 18.4. The van der Waals surface area contributed by atoms with Crippen LogP contribution in [0.4, 0.5) is 4.79 Å². The largest absolute Gasteiger partial charge is 0.625 e. The van der Waals surface area contributed by atoms with E-state index in [1.807, 2.05) is 20.1 Å². The van der Waals surface area contributed by atoms with Gasteiger partial charge in [0.05, 0.1) is 22.7 Å². The molecule has 0 bridgehead atoms. The average Bonchev–Trinajstić information content (AvgIpc) is 3.09. The topological polar surface area (TPSA) is 86.0 Å². The molecule has 7 heteroatoms. The quantitative estimate of drug-likeness (QED) is 0.424. The Morgan fingerprint density at radius 1 is 1.40 bits per heavy atom. The van der Waals surface area contributed by atoms with Gasteiger partial charge in [-0.15, -0.1) is 11.8 Å². The summed E-state index contributed by atoms with van der Waals surface area (Å²) in [7, 11) is 0. The smallest absolute Gasteiger partial charge is 0.415 e. The lowest BCUT2D eigenvalue weighted by atomic mass is 9.70. The van der Waals surface area contributed by atoms with Crippen molar-refractivity contribution in [1.29, 1.82) is 0 Å². The van der Waals surface area contributed by atoms with Gasteiger partial charge in [-0.3, -0.25) is 20.2 Å². The first-order chi connectivity index (χ1) is 11.6. The Balaban J connectivity index is 1.46. The lowest BCUT2D eigenvalue weighted by molar-refractivity contribution is -0.778. The van der Waals surface area contributed by atoms with Crippen LogP contribution in [0.5, 0.6) is 0 Å². The number of aliphatic imine (C=N–C) groups is 1. The fourth-order valence-electron chi connectivity index (χ4n) is 4.82. The van der Waals surface area contributed by atoms with Crippen LogP contribution in [0.2, 0.25) is 0 Å². The summed E-state index contributed by atoms with van der Waals surface area (Å²) >= 11 is 1.78. The molecule has 3 heterocycles. The van der Waals surface area contributed by atoms with Crippen molar-refractivity contribution in [2.24, 2.45) is 16.3 Å². The molecule has 3 rings (SSSR count). The highest BCUT2D eigenvalue weighted by Gasteiger charge is 2.50. The zero-order valence-electron chi connectivity index (χ0n) is 15.5. The Kier molecular flexibility index (Phi) is 5.03. The molecule has 3 aliphatic heterocycles. The minimum Gasteiger partial charge on any atom is -0.625 e. The summed E-state index contributed by atoms with van der Waals surface area (Å²) in [6.45, 7) is 8.23. The van der Waals surface area contributed by atoms with Crippen molar-refractivity contribution in [3.8, 4) is 0 Å². The molecule has 0 spiro atoms. The molecule has 0 saturated carbocycles. The van der Waals surface area contributed by atoms with Crippen molar-refractivity contribution < 1.29 is 14.7 Å². The van der Waals surface area contributed by atoms with E-state index in [2.05, 4.69) is 24.2 Å². The third-order valence-corrected chi connectivity index (χ3v) is 7.34. The van der Waals surface area contributed by atoms with Gasteiger partial charge in [-0.1, -0.05) is 20.3 Å². The van der Waals surface area contributed by atoms with Crippen LogP contribution in [0.1, 0.15) is 53.4 Å². The number of urea groups is 1. The van der Waals surface area contributed by atoms with E-state index in [-0.39, 0.29) is 39.3 Å². The van der Waals surface area contributed by atoms with E-state index in [0.29, 0.717) is 12.2 Å². The van der Waals surface area contributed by atoms with Gasteiger partial charge in [-0.25, -0.2) is 4.79 Å². The number of hydrogen-bond donors (Lipinski definition) is 2. The van der Waals surface area contributed by atoms with E-state index >= 15 is 0 Å². The van der Waals surface area contributed by atoms with Gasteiger partial charge in [0.15, 0.2) is 0 Å². The number of unbranched alkanes of at least 4 members (excludes halogenated alkanes) is 1. The molecule has 2 unspecified atom stereocenters. The third-order valence-electron chi connectivity index (χ3n) is 5.83. The number of nitrogens with zero attached hydrogens (tertiary/aromatic N) is 1. The molecule has 6 nitrogen and oxygen atoms in total. The molecular formula is C18H29N3O3S. The van der Waals surface area contributed by atoms with Crippen LogP contribution >= 0.6 is 11.8 Å². The number of carbonyl (C=O) groups excluding carboxylic acids is 2. The Morgan fingerprint density at radius 3 is 2.76 bits per heavy atom. The van der Waals surface area contributed by atoms with Crippen LogP contribution in [-0.4, -0.2) is 46.7 Å². The van der Waals surface area contributed by atoms with E-state index in [1.54, 1.807) is 11.8 Å². The summed E-state index contributed by atoms with van der Waals surface area (Å²) < 4.78 is 0. The van der Waals surface area contributed by atoms with Gasteiger partial charge in [-0.2, -0.15) is 0 Å². The third kappa shape index (κ3) is 3.51. The lowest BCUT2D eigenvalue weighted by Gasteiger charge is -2.32. The van der Waals surface area contributed by atoms with E-state index in [9.17, 15) is 14.8 Å². The van der Waals surface area contributed by atoms with E-state index in [0.717, 1.165) is 25.0 Å². The summed E-state index contributed by atoms with van der Waals surface area (Å²) in [5.74, 6) is 1.05. The predicted molar refractivity (Wildman–Crippen MR) is 100 cm³/mol. The Hall–Kier alpha value is -0.920. The molecule has 2 N–H and O–H groups in total. The highest BCUT2D eigenvalue weighted by molar-refractivity contribution is 8.00. The first-order valence-corrected chi connectivity index (χ1v) is 10.2. The molecule has 0 aromatic carbocycles. The maximum atomic E-state index is 12.8. The number of rotatable bonds is 6. The highest BCUT2D eigenvalue weighted by Crippen LogP contribution is 2.43. The van der Waals surface area contributed by atoms with Crippen LogP contribution in [0.3, 0.4) is 0 Å². The van der Waals surface area contributed by atoms with Gasteiger partial charge in [0, 0.05) is 23.8 Å². The molecule has 0 aromatic rings. The molecule has 2 saturated heterocycles. The summed E-state index contributed by atoms with van der Waals surface area (Å²) in [6, 6.07) is -0.552. The molecule has 2 amide bonds. The molecule has 0 aromatic heterocycles. The van der Waals surface area contributed by atoms with Crippen molar-refractivity contribution >= 4 is 29.8 Å². The number of hydroxylamine groups is 2. The lowest BCUT2D eigenvalue weighted by Crippen LogP contribution is -3.13. The maximum absolute atomic E-state index is 12.8. The van der Waals surface area contributed by atoms with Gasteiger partial charge in [0.1, 0.15) is 11.8 Å². The number of ketones is 1. The summed E-state index contributed by atoms with van der Waals surface area (Å²) in [4.78, 5) is 28.8. The zero-order valence-corrected chi connectivity index (χ0v) is 16.3. The van der Waals surface area contributed by atoms with Gasteiger partial charge >= 0.3 is 6.03 Å². The number of fused-ring (bicyclic) bond motifs is 1. The molecule has 3 aliphatic rings. The minimum absolute atomic E-state index is 0.0221. The second-order valence-electron chi connectivity index (χ2n) is 8.72. The SMILES string of the molecule is CC1(C)C=NC(C)(C)C1C(=O)CCCC[C@@H]1SC[C@@H]2NC(=O)[NH+]([O-])[C@@H]21. The van der Waals surface area contributed by atoms with Crippen LogP contribution in [0.15, 0.2) is 4.99 Å². The fourth-order valence-corrected chi connectivity index (χ4v) is 6.42. The van der Waals surface area contributed by atoms with Crippen LogP contribution in [-0.2, 0) is 4.79 Å². The normalized spacial score (nSPS) is 38.0. The van der Waals surface area contributed by atoms with Gasteiger partial charge in [0.25, 0.3) is 0 Å². The number of thioether (sulfide) groups is 1. The minimum atomic E-state index is -0.416. The molecule has 25 heavy (non-hydrogen) atoms. The van der Waals surface area contributed by atoms with E-state index < -0.39 is 6.03 Å². The number of hydrogen-bond acceptors (Lipinski definition) is 5. The molecule has 2 fully saturated rings. The van der Waals surface area contributed by atoms with Crippen LogP contribution in [0, 0.1) is 16.5 Å². The fraction of sp³-hybridized carbons (Fsp3) is 0.833. The van der Waals surface area contributed by atoms with Crippen molar-refractivity contribution in [1.82, 2.24) is 5.32 Å². The van der Waals surface area contributed by atoms with Crippen molar-refractivity contribution in [2.75, 3.05) is 5.75 Å². The highest BCUT2D eigenvalue weighted by atomic mass is 32.2. The Bertz CT molecular complexity index is 572. The van der Waals surface area contributed by atoms with Gasteiger partial charge < -0.3 is 5.21 Å². The number of quaternary nitrogens is 1. The van der Waals surface area contributed by atoms with E-state index in [4.69, 9.17) is 0 Å². The van der Waals surface area contributed by atoms with Crippen molar-refractivity contribution in [2.45, 2.75) is 76.3 Å². The van der Waals surface area contributed by atoms with Crippen LogP contribution < -0.4 is 10.4 Å². The van der Waals surface area contributed by atoms with Gasteiger partial charge in [-0.05, 0) is 26.7 Å². The van der Waals surface area contributed by atoms with Crippen molar-refractivity contribution in [3.63, 3.8) is 0 Å². The summed E-state index contributed by atoms with van der Waals surface area (Å²) in [5, 5.41) is 14.7. The maximum Gasteiger partial charge on any atom is 0.415 e. The first kappa shape index (κ1) is 18.9. The van der Waals surface area contributed by atoms with Crippen LogP contribution in [0.25, 0.3) is 0 Å². The molecule has 140 valence electrons.